The number of phosphoric ester groups is 1. The molecule has 0 bridgehead atoms. The molecule has 0 spiro atoms. The van der Waals surface area contributed by atoms with Gasteiger partial charge in [-0.3, -0.25) is 9.32 Å². The number of hydrogen-bond acceptors (Lipinski definition) is 5. The molecular weight excluding hydrogens is 395 g/mol. The van der Waals surface area contributed by atoms with Crippen LogP contribution in [0.25, 0.3) is 0 Å². The maximum absolute atomic E-state index is 11.6. The summed E-state index contributed by atoms with van der Waals surface area (Å²) in [5.74, 6) is -0.413. The average Bonchev–Trinajstić information content (AvgIpc) is 2.67. The fourth-order valence-corrected chi connectivity index (χ4v) is 3.19. The van der Waals surface area contributed by atoms with Crippen LogP contribution in [0.5, 0.6) is 0 Å². The van der Waals surface area contributed by atoms with Gasteiger partial charge >= 0.3 is 13.8 Å². The minimum absolute atomic E-state index is 0.290. The van der Waals surface area contributed by atoms with Crippen LogP contribution in [0.15, 0.2) is 12.2 Å². The minimum atomic E-state index is -4.62. The second-order valence-corrected chi connectivity index (χ2v) is 8.70. The van der Waals surface area contributed by atoms with Gasteiger partial charge in [-0.05, 0) is 25.7 Å². The monoisotopic (exact) mass is 436 g/mol. The molecule has 29 heavy (non-hydrogen) atoms. The van der Waals surface area contributed by atoms with E-state index in [1.807, 2.05) is 0 Å². The third kappa shape index (κ3) is 23.4. The molecule has 0 aliphatic rings. The van der Waals surface area contributed by atoms with Crippen molar-refractivity contribution in [3.05, 3.63) is 12.2 Å². The minimum Gasteiger partial charge on any atom is -0.463 e. The van der Waals surface area contributed by atoms with E-state index in [-0.39, 0.29) is 13.0 Å². The number of allylic oxidation sites excluding steroid dienone is 2. The maximum atomic E-state index is 11.6. The zero-order valence-corrected chi connectivity index (χ0v) is 18.9. The van der Waals surface area contributed by atoms with E-state index in [2.05, 4.69) is 23.6 Å². The lowest BCUT2D eigenvalue weighted by molar-refractivity contribution is -0.147. The standard InChI is InChI=1S/C21H41O7P/c1-2-3-4-5-6-7-8-9-10-11-12-13-14-15-16-17-21(23)27-18-20(22)19-28-29(24,25)26/h5-6,20,22H,2-4,7-19H2,1H3,(H2,24,25,26)/t20-/m0/s1. The van der Waals surface area contributed by atoms with Crippen molar-refractivity contribution in [2.75, 3.05) is 13.2 Å². The molecule has 3 N–H and O–H groups in total. The number of ether oxygens (including phenoxy) is 1. The first kappa shape index (κ1) is 28.3. The summed E-state index contributed by atoms with van der Waals surface area (Å²) in [4.78, 5) is 28.6. The molecule has 0 fully saturated rings. The molecule has 0 heterocycles. The summed E-state index contributed by atoms with van der Waals surface area (Å²) in [5, 5.41) is 9.42. The Labute approximate surface area is 176 Å². The summed E-state index contributed by atoms with van der Waals surface area (Å²) < 4.78 is 19.5. The highest BCUT2D eigenvalue weighted by Crippen LogP contribution is 2.35. The molecular formula is C21H41O7P. The fourth-order valence-electron chi connectivity index (χ4n) is 2.82. The second-order valence-electron chi connectivity index (χ2n) is 7.46. The van der Waals surface area contributed by atoms with E-state index >= 15 is 0 Å². The summed E-state index contributed by atoms with van der Waals surface area (Å²) >= 11 is 0. The van der Waals surface area contributed by atoms with Crippen molar-refractivity contribution in [3.63, 3.8) is 0 Å². The Kier molecular flexibility index (Phi) is 18.8. The van der Waals surface area contributed by atoms with E-state index in [1.54, 1.807) is 0 Å². The van der Waals surface area contributed by atoms with Crippen LogP contribution in [0.2, 0.25) is 0 Å². The summed E-state index contributed by atoms with van der Waals surface area (Å²) in [6, 6.07) is 0. The van der Waals surface area contributed by atoms with E-state index in [1.165, 1.54) is 64.2 Å². The molecule has 1 atom stereocenters. The molecule has 0 aliphatic carbocycles. The molecule has 0 saturated heterocycles. The van der Waals surface area contributed by atoms with Crippen molar-refractivity contribution < 1.29 is 33.5 Å². The molecule has 0 rings (SSSR count). The van der Waals surface area contributed by atoms with E-state index in [0.717, 1.165) is 19.3 Å². The molecule has 0 aromatic carbocycles. The molecule has 0 unspecified atom stereocenters. The average molecular weight is 437 g/mol. The third-order valence-corrected chi connectivity index (χ3v) is 5.00. The Bertz CT molecular complexity index is 462. The van der Waals surface area contributed by atoms with Gasteiger partial charge in [0.2, 0.25) is 0 Å². The Balaban J connectivity index is 3.34. The molecule has 0 aliphatic heterocycles. The maximum Gasteiger partial charge on any atom is 0.469 e. The predicted molar refractivity (Wildman–Crippen MR) is 114 cm³/mol. The zero-order valence-electron chi connectivity index (χ0n) is 18.0. The van der Waals surface area contributed by atoms with Crippen LogP contribution in [0.4, 0.5) is 0 Å². The number of aliphatic hydroxyl groups is 1. The van der Waals surface area contributed by atoms with Gasteiger partial charge in [0.05, 0.1) is 6.61 Å². The van der Waals surface area contributed by atoms with Crippen LogP contribution in [0.1, 0.15) is 96.8 Å². The first-order valence-electron chi connectivity index (χ1n) is 11.0. The van der Waals surface area contributed by atoms with Crippen LogP contribution in [0.3, 0.4) is 0 Å². The van der Waals surface area contributed by atoms with Gasteiger partial charge in [-0.25, -0.2) is 4.57 Å². The van der Waals surface area contributed by atoms with Gasteiger partial charge in [0.1, 0.15) is 12.7 Å². The second kappa shape index (κ2) is 19.3. The number of aliphatic hydroxyl groups excluding tert-OH is 1. The highest BCUT2D eigenvalue weighted by Gasteiger charge is 2.17. The molecule has 0 amide bonds. The largest absolute Gasteiger partial charge is 0.469 e. The van der Waals surface area contributed by atoms with Crippen molar-refractivity contribution in [3.8, 4) is 0 Å². The molecule has 8 heteroatoms. The highest BCUT2D eigenvalue weighted by molar-refractivity contribution is 7.46. The fraction of sp³-hybridized carbons (Fsp3) is 0.857. The van der Waals surface area contributed by atoms with E-state index in [4.69, 9.17) is 14.5 Å². The third-order valence-electron chi connectivity index (χ3n) is 4.51. The summed E-state index contributed by atoms with van der Waals surface area (Å²) in [6.45, 7) is 1.31. The van der Waals surface area contributed by atoms with Crippen molar-refractivity contribution in [2.45, 2.75) is 103 Å². The van der Waals surface area contributed by atoms with Crippen molar-refractivity contribution in [1.29, 1.82) is 0 Å². The predicted octanol–water partition coefficient (Wildman–Crippen LogP) is 5.04. The Morgan fingerprint density at radius 1 is 0.862 bits per heavy atom. The molecule has 172 valence electrons. The lowest BCUT2D eigenvalue weighted by atomic mass is 10.1. The van der Waals surface area contributed by atoms with Gasteiger partial charge in [-0.1, -0.05) is 76.9 Å². The van der Waals surface area contributed by atoms with Crippen molar-refractivity contribution in [2.24, 2.45) is 0 Å². The van der Waals surface area contributed by atoms with Crippen LogP contribution in [-0.4, -0.2) is 40.2 Å². The molecule has 0 aromatic rings. The van der Waals surface area contributed by atoms with Gasteiger partial charge in [0.15, 0.2) is 0 Å². The Morgan fingerprint density at radius 3 is 1.93 bits per heavy atom. The first-order chi connectivity index (χ1) is 13.8. The number of carbonyl (C=O) groups excluding carboxylic acids is 1. The SMILES string of the molecule is CCCCC=CCCCCCCCCCCCC(=O)OC[C@H](O)COP(=O)(O)O. The normalized spacial score (nSPS) is 13.1. The zero-order chi connectivity index (χ0) is 21.8. The highest BCUT2D eigenvalue weighted by atomic mass is 31.2. The van der Waals surface area contributed by atoms with Crippen LogP contribution >= 0.6 is 7.82 Å². The number of rotatable bonds is 20. The summed E-state index contributed by atoms with van der Waals surface area (Å²) in [6.07, 6.45) is 19.0. The lowest BCUT2D eigenvalue weighted by Crippen LogP contribution is -2.23. The number of esters is 1. The number of carbonyl (C=O) groups is 1. The van der Waals surface area contributed by atoms with Crippen LogP contribution < -0.4 is 0 Å². The number of phosphoric acid groups is 1. The van der Waals surface area contributed by atoms with E-state index in [9.17, 15) is 14.5 Å². The smallest absolute Gasteiger partial charge is 0.463 e. The van der Waals surface area contributed by atoms with E-state index < -0.39 is 26.5 Å². The van der Waals surface area contributed by atoms with Crippen LogP contribution in [-0.2, 0) is 18.6 Å². The topological polar surface area (TPSA) is 113 Å². The quantitative estimate of drug-likeness (QED) is 0.106. The lowest BCUT2D eigenvalue weighted by Gasteiger charge is -2.12. The van der Waals surface area contributed by atoms with Gasteiger partial charge in [-0.2, -0.15) is 0 Å². The van der Waals surface area contributed by atoms with Gasteiger partial charge < -0.3 is 19.6 Å². The Hall–Kier alpha value is -0.720. The Morgan fingerprint density at radius 2 is 1.38 bits per heavy atom. The van der Waals surface area contributed by atoms with Crippen molar-refractivity contribution >= 4 is 13.8 Å². The van der Waals surface area contributed by atoms with E-state index in [0.29, 0.717) is 0 Å². The first-order valence-corrected chi connectivity index (χ1v) is 12.6. The molecule has 0 aromatic heterocycles. The van der Waals surface area contributed by atoms with Gasteiger partial charge in [0.25, 0.3) is 0 Å². The summed E-state index contributed by atoms with van der Waals surface area (Å²) in [5.41, 5.74) is 0. The molecule has 0 saturated carbocycles. The number of hydrogen-bond donors (Lipinski definition) is 3. The summed E-state index contributed by atoms with van der Waals surface area (Å²) in [7, 11) is -4.62. The molecule has 7 nitrogen and oxygen atoms in total. The van der Waals surface area contributed by atoms with Gasteiger partial charge in [0, 0.05) is 6.42 Å². The number of unbranched alkanes of at least 4 members (excludes halogenated alkanes) is 11. The van der Waals surface area contributed by atoms with Gasteiger partial charge in [-0.15, -0.1) is 0 Å². The van der Waals surface area contributed by atoms with Crippen LogP contribution in [0, 0.1) is 0 Å². The van der Waals surface area contributed by atoms with Crippen molar-refractivity contribution in [1.82, 2.24) is 0 Å². The molecule has 0 radical (unpaired) electrons.